The van der Waals surface area contributed by atoms with Crippen LogP contribution in [0.3, 0.4) is 0 Å². The Bertz CT molecular complexity index is 470. The average molecular weight is 273 g/mol. The summed E-state index contributed by atoms with van der Waals surface area (Å²) in [6.45, 7) is 2.82. The molecule has 3 nitrogen and oxygen atoms in total. The zero-order chi connectivity index (χ0) is 14.0. The maximum Gasteiger partial charge on any atom is 0.310 e. The Kier molecular flexibility index (Phi) is 3.97. The molecular formula is C13H14F3NO2. The molecule has 0 spiro atoms. The Hall–Kier alpha value is -1.72. The normalized spacial score (nSPS) is 18.7. The maximum atomic E-state index is 13.1. The average Bonchev–Trinajstić information content (AvgIpc) is 2.85. The summed E-state index contributed by atoms with van der Waals surface area (Å²) in [5.41, 5.74) is 0.239. The summed E-state index contributed by atoms with van der Waals surface area (Å²) in [4.78, 5) is 13.2. The van der Waals surface area contributed by atoms with Gasteiger partial charge in [-0.3, -0.25) is 4.79 Å². The van der Waals surface area contributed by atoms with Crippen LogP contribution in [-0.2, 0) is 9.53 Å². The van der Waals surface area contributed by atoms with E-state index in [1.54, 1.807) is 11.8 Å². The molecule has 1 unspecified atom stereocenters. The van der Waals surface area contributed by atoms with Gasteiger partial charge in [0.15, 0.2) is 17.5 Å². The fraction of sp³-hybridized carbons (Fsp3) is 0.462. The first-order valence-corrected chi connectivity index (χ1v) is 6.09. The standard InChI is InChI=1S/C13H14F3NO2/c1-2-19-13(18)8-3-4-17(7-8)9-5-10(14)12(16)11(15)6-9/h5-6,8H,2-4,7H2,1H3. The Morgan fingerprint density at radius 1 is 1.37 bits per heavy atom. The van der Waals surface area contributed by atoms with Crippen molar-refractivity contribution in [2.45, 2.75) is 13.3 Å². The van der Waals surface area contributed by atoms with Gasteiger partial charge in [0.1, 0.15) is 0 Å². The van der Waals surface area contributed by atoms with Crippen LogP contribution >= 0.6 is 0 Å². The molecule has 1 aliphatic rings. The third-order valence-electron chi connectivity index (χ3n) is 3.14. The number of rotatable bonds is 3. The molecule has 0 radical (unpaired) electrons. The van der Waals surface area contributed by atoms with Gasteiger partial charge in [0.25, 0.3) is 0 Å². The molecular weight excluding hydrogens is 259 g/mol. The number of anilines is 1. The van der Waals surface area contributed by atoms with Crippen LogP contribution in [-0.4, -0.2) is 25.7 Å². The molecule has 0 bridgehead atoms. The van der Waals surface area contributed by atoms with Gasteiger partial charge in [-0.2, -0.15) is 0 Å². The predicted molar refractivity (Wildman–Crippen MR) is 63.3 cm³/mol. The molecule has 1 fully saturated rings. The minimum absolute atomic E-state index is 0.239. The highest BCUT2D eigenvalue weighted by Gasteiger charge is 2.30. The molecule has 0 saturated carbocycles. The molecule has 0 N–H and O–H groups in total. The Morgan fingerprint density at radius 2 is 2.00 bits per heavy atom. The number of carbonyl (C=O) groups is 1. The lowest BCUT2D eigenvalue weighted by molar-refractivity contribution is -0.147. The van der Waals surface area contributed by atoms with E-state index in [9.17, 15) is 18.0 Å². The van der Waals surface area contributed by atoms with Gasteiger partial charge in [0.05, 0.1) is 12.5 Å². The molecule has 2 rings (SSSR count). The minimum atomic E-state index is -1.48. The van der Waals surface area contributed by atoms with Crippen LogP contribution in [0.25, 0.3) is 0 Å². The summed E-state index contributed by atoms with van der Waals surface area (Å²) in [5, 5.41) is 0. The lowest BCUT2D eigenvalue weighted by Gasteiger charge is -2.18. The number of esters is 1. The Balaban J connectivity index is 2.11. The Labute approximate surface area is 109 Å². The van der Waals surface area contributed by atoms with E-state index in [-0.39, 0.29) is 17.6 Å². The minimum Gasteiger partial charge on any atom is -0.466 e. The summed E-state index contributed by atoms with van der Waals surface area (Å²) in [7, 11) is 0. The first-order valence-electron chi connectivity index (χ1n) is 6.09. The van der Waals surface area contributed by atoms with Crippen LogP contribution < -0.4 is 4.90 Å². The molecule has 19 heavy (non-hydrogen) atoms. The second kappa shape index (κ2) is 5.50. The van der Waals surface area contributed by atoms with E-state index in [1.807, 2.05) is 0 Å². The van der Waals surface area contributed by atoms with Crippen molar-refractivity contribution >= 4 is 11.7 Å². The highest BCUT2D eigenvalue weighted by atomic mass is 19.2. The van der Waals surface area contributed by atoms with Crippen LogP contribution in [0.1, 0.15) is 13.3 Å². The van der Waals surface area contributed by atoms with Crippen molar-refractivity contribution < 1.29 is 22.7 Å². The van der Waals surface area contributed by atoms with Gasteiger partial charge in [0.2, 0.25) is 0 Å². The van der Waals surface area contributed by atoms with E-state index < -0.39 is 17.5 Å². The first-order chi connectivity index (χ1) is 9.02. The summed E-state index contributed by atoms with van der Waals surface area (Å²) in [6, 6.07) is 1.87. The number of halogens is 3. The van der Waals surface area contributed by atoms with Gasteiger partial charge < -0.3 is 9.64 Å². The second-order valence-corrected chi connectivity index (χ2v) is 4.41. The van der Waals surface area contributed by atoms with Crippen LogP contribution in [0.15, 0.2) is 12.1 Å². The van der Waals surface area contributed by atoms with Crippen LogP contribution in [0, 0.1) is 23.4 Å². The topological polar surface area (TPSA) is 29.5 Å². The first kappa shape index (κ1) is 13.7. The van der Waals surface area contributed by atoms with Gasteiger partial charge in [-0.1, -0.05) is 0 Å². The van der Waals surface area contributed by atoms with Crippen molar-refractivity contribution in [2.24, 2.45) is 5.92 Å². The summed E-state index contributed by atoms with van der Waals surface area (Å²) < 4.78 is 44.0. The number of hydrogen-bond donors (Lipinski definition) is 0. The fourth-order valence-corrected chi connectivity index (χ4v) is 2.17. The molecule has 1 heterocycles. The molecule has 104 valence electrons. The summed E-state index contributed by atoms with van der Waals surface area (Å²) in [5.74, 6) is -4.56. The lowest BCUT2D eigenvalue weighted by Crippen LogP contribution is -2.24. The van der Waals surface area contributed by atoms with E-state index in [1.165, 1.54) is 0 Å². The molecule has 1 aromatic rings. The summed E-state index contributed by atoms with van der Waals surface area (Å²) >= 11 is 0. The van der Waals surface area contributed by atoms with Crippen LogP contribution in [0.2, 0.25) is 0 Å². The van der Waals surface area contributed by atoms with Crippen molar-refractivity contribution in [3.63, 3.8) is 0 Å². The van der Waals surface area contributed by atoms with E-state index >= 15 is 0 Å². The number of carbonyl (C=O) groups excluding carboxylic acids is 1. The van der Waals surface area contributed by atoms with Gasteiger partial charge in [0, 0.05) is 30.9 Å². The quantitative estimate of drug-likeness (QED) is 0.626. The van der Waals surface area contributed by atoms with Gasteiger partial charge in [-0.25, -0.2) is 13.2 Å². The third kappa shape index (κ3) is 2.83. The molecule has 0 amide bonds. The third-order valence-corrected chi connectivity index (χ3v) is 3.14. The maximum absolute atomic E-state index is 13.1. The van der Waals surface area contributed by atoms with E-state index in [0.29, 0.717) is 26.1 Å². The highest BCUT2D eigenvalue weighted by Crippen LogP contribution is 2.27. The molecule has 1 saturated heterocycles. The largest absolute Gasteiger partial charge is 0.466 e. The van der Waals surface area contributed by atoms with E-state index in [2.05, 4.69) is 0 Å². The predicted octanol–water partition coefficient (Wildman–Crippen LogP) is 2.49. The SMILES string of the molecule is CCOC(=O)C1CCN(c2cc(F)c(F)c(F)c2)C1. The van der Waals surface area contributed by atoms with Crippen molar-refractivity contribution in [1.29, 1.82) is 0 Å². The smallest absolute Gasteiger partial charge is 0.310 e. The molecule has 6 heteroatoms. The molecule has 1 aromatic carbocycles. The summed E-state index contributed by atoms with van der Waals surface area (Å²) in [6.07, 6.45) is 0.555. The number of nitrogens with zero attached hydrogens (tertiary/aromatic N) is 1. The lowest BCUT2D eigenvalue weighted by atomic mass is 10.1. The van der Waals surface area contributed by atoms with Gasteiger partial charge in [-0.05, 0) is 13.3 Å². The highest BCUT2D eigenvalue weighted by molar-refractivity contribution is 5.74. The van der Waals surface area contributed by atoms with Crippen LogP contribution in [0.4, 0.5) is 18.9 Å². The van der Waals surface area contributed by atoms with Crippen molar-refractivity contribution in [3.8, 4) is 0 Å². The van der Waals surface area contributed by atoms with Gasteiger partial charge >= 0.3 is 5.97 Å². The molecule has 1 atom stereocenters. The van der Waals surface area contributed by atoms with Crippen molar-refractivity contribution in [3.05, 3.63) is 29.6 Å². The van der Waals surface area contributed by atoms with Crippen molar-refractivity contribution in [2.75, 3.05) is 24.6 Å². The number of ether oxygens (including phenoxy) is 1. The van der Waals surface area contributed by atoms with Crippen molar-refractivity contribution in [1.82, 2.24) is 0 Å². The molecule has 0 aliphatic carbocycles. The Morgan fingerprint density at radius 3 is 2.58 bits per heavy atom. The number of hydrogen-bond acceptors (Lipinski definition) is 3. The second-order valence-electron chi connectivity index (χ2n) is 4.41. The monoisotopic (exact) mass is 273 g/mol. The fourth-order valence-electron chi connectivity index (χ4n) is 2.17. The number of benzene rings is 1. The zero-order valence-electron chi connectivity index (χ0n) is 10.5. The zero-order valence-corrected chi connectivity index (χ0v) is 10.5. The van der Waals surface area contributed by atoms with E-state index in [0.717, 1.165) is 12.1 Å². The van der Waals surface area contributed by atoms with Crippen LogP contribution in [0.5, 0.6) is 0 Å². The molecule has 0 aromatic heterocycles. The van der Waals surface area contributed by atoms with E-state index in [4.69, 9.17) is 4.74 Å². The van der Waals surface area contributed by atoms with Gasteiger partial charge in [-0.15, -0.1) is 0 Å². The molecule has 1 aliphatic heterocycles.